The van der Waals surface area contributed by atoms with Crippen LogP contribution in [-0.4, -0.2) is 0 Å². The SMILES string of the molecule is CC(C)(C)CCC1CCC(C(C)(C)C)CC1. The average Bonchev–Trinajstić information content (AvgIpc) is 2.13. The first-order valence-electron chi connectivity index (χ1n) is 7.18. The van der Waals surface area contributed by atoms with Gasteiger partial charge in [-0.25, -0.2) is 0 Å². The van der Waals surface area contributed by atoms with E-state index >= 15 is 0 Å². The van der Waals surface area contributed by atoms with Crippen LogP contribution < -0.4 is 0 Å². The minimum Gasteiger partial charge on any atom is -0.0602 e. The normalized spacial score (nSPS) is 28.1. The summed E-state index contributed by atoms with van der Waals surface area (Å²) < 4.78 is 0. The zero-order chi connectivity index (χ0) is 12.4. The van der Waals surface area contributed by atoms with Crippen LogP contribution in [0.15, 0.2) is 0 Å². The lowest BCUT2D eigenvalue weighted by atomic mass is 9.68. The molecule has 0 heterocycles. The molecule has 0 nitrogen and oxygen atoms in total. The third-order valence-electron chi connectivity index (χ3n) is 4.37. The molecule has 16 heavy (non-hydrogen) atoms. The second-order valence-corrected chi connectivity index (χ2v) is 8.18. The van der Waals surface area contributed by atoms with Crippen molar-refractivity contribution >= 4 is 0 Å². The fraction of sp³-hybridized carbons (Fsp3) is 1.00. The van der Waals surface area contributed by atoms with Crippen LogP contribution in [0.3, 0.4) is 0 Å². The highest BCUT2D eigenvalue weighted by molar-refractivity contribution is 4.81. The lowest BCUT2D eigenvalue weighted by Crippen LogP contribution is -2.26. The fourth-order valence-corrected chi connectivity index (χ4v) is 2.95. The Kier molecular flexibility index (Phi) is 4.49. The van der Waals surface area contributed by atoms with Crippen molar-refractivity contribution in [2.45, 2.75) is 80.1 Å². The quantitative estimate of drug-likeness (QED) is 0.567. The summed E-state index contributed by atoms with van der Waals surface area (Å²) in [6.07, 6.45) is 8.77. The Balaban J connectivity index is 2.28. The van der Waals surface area contributed by atoms with Gasteiger partial charge in [-0.1, -0.05) is 54.4 Å². The van der Waals surface area contributed by atoms with Gasteiger partial charge in [0.2, 0.25) is 0 Å². The topological polar surface area (TPSA) is 0 Å². The van der Waals surface area contributed by atoms with Crippen LogP contribution in [-0.2, 0) is 0 Å². The highest BCUT2D eigenvalue weighted by Crippen LogP contribution is 2.41. The minimum absolute atomic E-state index is 0.529. The van der Waals surface area contributed by atoms with Gasteiger partial charge in [0, 0.05) is 0 Å². The Morgan fingerprint density at radius 2 is 1.31 bits per heavy atom. The summed E-state index contributed by atoms with van der Waals surface area (Å²) in [7, 11) is 0. The Hall–Kier alpha value is 0. The Morgan fingerprint density at radius 3 is 1.69 bits per heavy atom. The van der Waals surface area contributed by atoms with Crippen LogP contribution in [0, 0.1) is 22.7 Å². The molecular formula is C16H32. The molecule has 1 fully saturated rings. The summed E-state index contributed by atoms with van der Waals surface area (Å²) in [5.41, 5.74) is 1.07. The van der Waals surface area contributed by atoms with Crippen LogP contribution in [0.5, 0.6) is 0 Å². The van der Waals surface area contributed by atoms with Gasteiger partial charge in [0.05, 0.1) is 0 Å². The second-order valence-electron chi connectivity index (χ2n) is 8.18. The fourth-order valence-electron chi connectivity index (χ4n) is 2.95. The average molecular weight is 224 g/mol. The van der Waals surface area contributed by atoms with E-state index in [1.165, 1.54) is 38.5 Å². The van der Waals surface area contributed by atoms with Gasteiger partial charge in [0.25, 0.3) is 0 Å². The van der Waals surface area contributed by atoms with Crippen LogP contribution in [0.1, 0.15) is 80.1 Å². The summed E-state index contributed by atoms with van der Waals surface area (Å²) in [4.78, 5) is 0. The van der Waals surface area contributed by atoms with E-state index < -0.39 is 0 Å². The van der Waals surface area contributed by atoms with Crippen LogP contribution >= 0.6 is 0 Å². The largest absolute Gasteiger partial charge is 0.0602 e. The molecule has 1 saturated carbocycles. The van der Waals surface area contributed by atoms with Crippen molar-refractivity contribution < 1.29 is 0 Å². The van der Waals surface area contributed by atoms with Crippen LogP contribution in [0.2, 0.25) is 0 Å². The zero-order valence-corrected chi connectivity index (χ0v) is 12.4. The summed E-state index contributed by atoms with van der Waals surface area (Å²) >= 11 is 0. The van der Waals surface area contributed by atoms with Crippen molar-refractivity contribution in [1.29, 1.82) is 0 Å². The van der Waals surface area contributed by atoms with E-state index in [2.05, 4.69) is 41.5 Å². The number of hydrogen-bond donors (Lipinski definition) is 0. The lowest BCUT2D eigenvalue weighted by molar-refractivity contribution is 0.140. The van der Waals surface area contributed by atoms with Gasteiger partial charge < -0.3 is 0 Å². The molecule has 0 bridgehead atoms. The molecule has 0 saturated heterocycles. The van der Waals surface area contributed by atoms with Gasteiger partial charge in [-0.15, -0.1) is 0 Å². The van der Waals surface area contributed by atoms with Gasteiger partial charge in [-0.2, -0.15) is 0 Å². The minimum atomic E-state index is 0.529. The van der Waals surface area contributed by atoms with Crippen molar-refractivity contribution in [3.05, 3.63) is 0 Å². The Bertz CT molecular complexity index is 193. The molecule has 0 heteroatoms. The molecule has 0 atom stereocenters. The Labute approximate surface area is 103 Å². The molecule has 0 aromatic heterocycles. The molecule has 1 aliphatic carbocycles. The van der Waals surface area contributed by atoms with Crippen LogP contribution in [0.25, 0.3) is 0 Å². The molecule has 0 aliphatic heterocycles. The maximum absolute atomic E-state index is 2.41. The van der Waals surface area contributed by atoms with Gasteiger partial charge in [0.1, 0.15) is 0 Å². The van der Waals surface area contributed by atoms with E-state index in [1.807, 2.05) is 0 Å². The van der Waals surface area contributed by atoms with Gasteiger partial charge in [0.15, 0.2) is 0 Å². The Morgan fingerprint density at radius 1 is 0.812 bits per heavy atom. The first-order valence-corrected chi connectivity index (χ1v) is 7.18. The highest BCUT2D eigenvalue weighted by atomic mass is 14.3. The highest BCUT2D eigenvalue weighted by Gasteiger charge is 2.29. The van der Waals surface area contributed by atoms with Gasteiger partial charge in [-0.3, -0.25) is 0 Å². The first-order chi connectivity index (χ1) is 7.18. The van der Waals surface area contributed by atoms with Crippen molar-refractivity contribution in [2.24, 2.45) is 22.7 Å². The molecule has 0 radical (unpaired) electrons. The number of hydrogen-bond acceptors (Lipinski definition) is 0. The lowest BCUT2D eigenvalue weighted by Gasteiger charge is -2.37. The van der Waals surface area contributed by atoms with E-state index in [-0.39, 0.29) is 0 Å². The molecule has 1 rings (SSSR count). The predicted octanol–water partition coefficient (Wildman–Crippen LogP) is 5.67. The summed E-state index contributed by atoms with van der Waals surface area (Å²) in [5, 5.41) is 0. The van der Waals surface area contributed by atoms with Crippen molar-refractivity contribution in [3.63, 3.8) is 0 Å². The third kappa shape index (κ3) is 4.89. The molecule has 0 spiro atoms. The monoisotopic (exact) mass is 224 g/mol. The maximum Gasteiger partial charge on any atom is -0.0354 e. The van der Waals surface area contributed by atoms with E-state index in [1.54, 1.807) is 0 Å². The summed E-state index contributed by atoms with van der Waals surface area (Å²) in [6.45, 7) is 14.3. The van der Waals surface area contributed by atoms with Gasteiger partial charge >= 0.3 is 0 Å². The first kappa shape index (κ1) is 14.1. The third-order valence-corrected chi connectivity index (χ3v) is 4.37. The van der Waals surface area contributed by atoms with Crippen molar-refractivity contribution in [2.75, 3.05) is 0 Å². The standard InChI is InChI=1S/C16H32/c1-15(2,3)12-11-13-7-9-14(10-8-13)16(4,5)6/h13-14H,7-12H2,1-6H3. The molecule has 0 amide bonds. The van der Waals surface area contributed by atoms with Gasteiger partial charge in [-0.05, 0) is 48.3 Å². The second kappa shape index (κ2) is 5.10. The number of rotatable bonds is 2. The van der Waals surface area contributed by atoms with E-state index in [9.17, 15) is 0 Å². The zero-order valence-electron chi connectivity index (χ0n) is 12.4. The van der Waals surface area contributed by atoms with Crippen molar-refractivity contribution in [3.8, 4) is 0 Å². The molecule has 96 valence electrons. The van der Waals surface area contributed by atoms with E-state index in [0.29, 0.717) is 10.8 Å². The molecule has 0 aromatic rings. The molecular weight excluding hydrogens is 192 g/mol. The van der Waals surface area contributed by atoms with Crippen molar-refractivity contribution in [1.82, 2.24) is 0 Å². The van der Waals surface area contributed by atoms with Crippen LogP contribution in [0.4, 0.5) is 0 Å². The molecule has 1 aliphatic rings. The maximum atomic E-state index is 2.41. The summed E-state index contributed by atoms with van der Waals surface area (Å²) in [5.74, 6) is 2.00. The predicted molar refractivity (Wildman–Crippen MR) is 73.6 cm³/mol. The molecule has 0 unspecified atom stereocenters. The van der Waals surface area contributed by atoms with E-state index in [4.69, 9.17) is 0 Å². The molecule has 0 N–H and O–H groups in total. The molecule has 0 aromatic carbocycles. The smallest absolute Gasteiger partial charge is 0.0354 e. The van der Waals surface area contributed by atoms with E-state index in [0.717, 1.165) is 11.8 Å². The summed E-state index contributed by atoms with van der Waals surface area (Å²) in [6, 6.07) is 0.